The molecule has 0 bridgehead atoms. The van der Waals surface area contributed by atoms with E-state index in [2.05, 4.69) is 0 Å². The second kappa shape index (κ2) is 6.87. The molecule has 0 spiro atoms. The number of rotatable bonds is 6. The summed E-state index contributed by atoms with van der Waals surface area (Å²) in [4.78, 5) is 0. The van der Waals surface area contributed by atoms with Crippen LogP contribution in [0.2, 0.25) is 0 Å². The van der Waals surface area contributed by atoms with Crippen molar-refractivity contribution in [1.29, 1.82) is 0 Å². The second-order valence-electron chi connectivity index (χ2n) is 3.14. The standard InChI is InChI=1S/C11H15O2S/c12-8-4-9-14(13)10-7-11-5-2-1-3-6-11/h1-3,5-6H,4,7-10H2. The van der Waals surface area contributed by atoms with Gasteiger partial charge in [-0.05, 0) is 5.56 Å². The lowest BCUT2D eigenvalue weighted by molar-refractivity contribution is 0.194. The van der Waals surface area contributed by atoms with Crippen LogP contribution in [0.4, 0.5) is 0 Å². The Morgan fingerprint density at radius 3 is 2.50 bits per heavy atom. The van der Waals surface area contributed by atoms with E-state index in [1.807, 2.05) is 30.3 Å². The zero-order valence-electron chi connectivity index (χ0n) is 8.15. The van der Waals surface area contributed by atoms with Gasteiger partial charge in [0.15, 0.2) is 0 Å². The molecule has 0 aliphatic rings. The minimum atomic E-state index is -0.820. The Morgan fingerprint density at radius 1 is 1.14 bits per heavy atom. The van der Waals surface area contributed by atoms with Crippen LogP contribution in [-0.2, 0) is 22.7 Å². The van der Waals surface area contributed by atoms with E-state index in [1.165, 1.54) is 5.56 Å². The van der Waals surface area contributed by atoms with Crippen LogP contribution in [0.1, 0.15) is 12.0 Å². The van der Waals surface area contributed by atoms with E-state index < -0.39 is 11.2 Å². The zero-order chi connectivity index (χ0) is 10.2. The van der Waals surface area contributed by atoms with Crippen molar-refractivity contribution in [2.45, 2.75) is 12.8 Å². The first kappa shape index (κ1) is 11.6. The van der Waals surface area contributed by atoms with Crippen LogP contribution in [-0.4, -0.2) is 22.7 Å². The van der Waals surface area contributed by atoms with Crippen LogP contribution in [0.25, 0.3) is 0 Å². The molecular weight excluding hydrogens is 196 g/mol. The predicted octanol–water partition coefficient (Wildman–Crippen LogP) is 1.80. The van der Waals surface area contributed by atoms with Crippen molar-refractivity contribution in [3.05, 3.63) is 35.9 Å². The molecule has 1 radical (unpaired) electrons. The summed E-state index contributed by atoms with van der Waals surface area (Å²) in [7, 11) is 0. The molecule has 0 amide bonds. The minimum absolute atomic E-state index is 0.114. The first-order chi connectivity index (χ1) is 6.83. The van der Waals surface area contributed by atoms with Gasteiger partial charge < -0.3 is 4.55 Å². The second-order valence-corrected chi connectivity index (χ2v) is 4.84. The van der Waals surface area contributed by atoms with E-state index in [9.17, 15) is 9.66 Å². The van der Waals surface area contributed by atoms with Gasteiger partial charge in [-0.1, -0.05) is 41.5 Å². The molecule has 0 heterocycles. The van der Waals surface area contributed by atoms with Gasteiger partial charge in [-0.25, -0.2) is 5.11 Å². The molecule has 14 heavy (non-hydrogen) atoms. The summed E-state index contributed by atoms with van der Waals surface area (Å²) in [5, 5.41) is 10.2. The Morgan fingerprint density at radius 2 is 1.86 bits per heavy atom. The molecule has 0 saturated heterocycles. The fraction of sp³-hybridized carbons (Fsp3) is 0.455. The van der Waals surface area contributed by atoms with Crippen molar-refractivity contribution in [3.8, 4) is 0 Å². The number of aryl methyl sites for hydroxylation is 1. The quantitative estimate of drug-likeness (QED) is 0.662. The maximum Gasteiger partial charge on any atom is 0.109 e. The highest BCUT2D eigenvalue weighted by atomic mass is 32.2. The van der Waals surface area contributed by atoms with Crippen molar-refractivity contribution in [2.24, 2.45) is 0 Å². The summed E-state index contributed by atoms with van der Waals surface area (Å²) >= 11 is -0.820. The summed E-state index contributed by atoms with van der Waals surface area (Å²) in [6.07, 6.45) is 1.37. The van der Waals surface area contributed by atoms with Gasteiger partial charge >= 0.3 is 0 Å². The molecular formula is C11H15O2S. The first-order valence-electron chi connectivity index (χ1n) is 4.80. The Bertz CT molecular complexity index is 238. The van der Waals surface area contributed by atoms with Gasteiger partial charge in [0, 0.05) is 12.8 Å². The van der Waals surface area contributed by atoms with E-state index in [0.717, 1.165) is 6.42 Å². The van der Waals surface area contributed by atoms with Gasteiger partial charge in [-0.15, -0.1) is 0 Å². The molecule has 1 unspecified atom stereocenters. The number of hydrogen-bond acceptors (Lipinski definition) is 1. The molecule has 0 fully saturated rings. The van der Waals surface area contributed by atoms with Gasteiger partial charge in [-0.3, -0.25) is 0 Å². The molecule has 0 aliphatic carbocycles. The van der Waals surface area contributed by atoms with Crippen molar-refractivity contribution < 1.29 is 9.66 Å². The van der Waals surface area contributed by atoms with Gasteiger partial charge in [0.2, 0.25) is 0 Å². The molecule has 0 N–H and O–H groups in total. The smallest absolute Gasteiger partial charge is 0.109 e. The topological polar surface area (TPSA) is 43.0 Å². The van der Waals surface area contributed by atoms with Crippen LogP contribution < -0.4 is 0 Å². The van der Waals surface area contributed by atoms with E-state index >= 15 is 0 Å². The van der Waals surface area contributed by atoms with Crippen LogP contribution in [0, 0.1) is 0 Å². The molecule has 1 atom stereocenters. The van der Waals surface area contributed by atoms with Gasteiger partial charge in [0.1, 0.15) is 11.5 Å². The minimum Gasteiger partial charge on any atom is -0.616 e. The normalized spacial score (nSPS) is 12.7. The molecule has 1 aromatic carbocycles. The molecule has 2 nitrogen and oxygen atoms in total. The van der Waals surface area contributed by atoms with Gasteiger partial charge in [-0.2, -0.15) is 0 Å². The average molecular weight is 211 g/mol. The van der Waals surface area contributed by atoms with Gasteiger partial charge in [0.25, 0.3) is 0 Å². The van der Waals surface area contributed by atoms with Crippen LogP contribution >= 0.6 is 0 Å². The van der Waals surface area contributed by atoms with Crippen molar-refractivity contribution in [2.75, 3.05) is 18.1 Å². The fourth-order valence-corrected chi connectivity index (χ4v) is 2.31. The molecule has 0 saturated carbocycles. The Hall–Kier alpha value is -0.510. The maximum absolute atomic E-state index is 11.3. The highest BCUT2D eigenvalue weighted by molar-refractivity contribution is 7.91. The maximum atomic E-state index is 11.3. The molecule has 0 aliphatic heterocycles. The lowest BCUT2D eigenvalue weighted by Crippen LogP contribution is -2.13. The Labute approximate surface area is 88.1 Å². The lowest BCUT2D eigenvalue weighted by atomic mass is 10.2. The highest BCUT2D eigenvalue weighted by Crippen LogP contribution is 2.03. The van der Waals surface area contributed by atoms with Crippen LogP contribution in [0.3, 0.4) is 0 Å². The SMILES string of the molecule is [O]CCC[S+]([O-])CCc1ccccc1. The molecule has 0 aromatic heterocycles. The summed E-state index contributed by atoms with van der Waals surface area (Å²) in [5.41, 5.74) is 1.21. The van der Waals surface area contributed by atoms with E-state index in [4.69, 9.17) is 0 Å². The van der Waals surface area contributed by atoms with E-state index in [-0.39, 0.29) is 6.61 Å². The van der Waals surface area contributed by atoms with Crippen molar-refractivity contribution >= 4 is 11.2 Å². The summed E-state index contributed by atoms with van der Waals surface area (Å²) in [5.74, 6) is 1.22. The average Bonchev–Trinajstić information content (AvgIpc) is 2.25. The van der Waals surface area contributed by atoms with Crippen molar-refractivity contribution in [1.82, 2.24) is 0 Å². The largest absolute Gasteiger partial charge is 0.616 e. The molecule has 1 rings (SSSR count). The lowest BCUT2D eigenvalue weighted by Gasteiger charge is -2.09. The van der Waals surface area contributed by atoms with Crippen LogP contribution in [0.5, 0.6) is 0 Å². The predicted molar refractivity (Wildman–Crippen MR) is 58.2 cm³/mol. The highest BCUT2D eigenvalue weighted by Gasteiger charge is 2.05. The third-order valence-electron chi connectivity index (χ3n) is 1.98. The number of hydrogen-bond donors (Lipinski definition) is 0. The zero-order valence-corrected chi connectivity index (χ0v) is 8.96. The van der Waals surface area contributed by atoms with E-state index in [0.29, 0.717) is 17.9 Å². The number of benzene rings is 1. The Balaban J connectivity index is 2.20. The monoisotopic (exact) mass is 211 g/mol. The summed E-state index contributed by atoms with van der Waals surface area (Å²) < 4.78 is 11.3. The fourth-order valence-electron chi connectivity index (χ4n) is 1.20. The van der Waals surface area contributed by atoms with Crippen LogP contribution in [0.15, 0.2) is 30.3 Å². The Kier molecular flexibility index (Phi) is 5.68. The summed E-state index contributed by atoms with van der Waals surface area (Å²) in [6.45, 7) is -0.114. The van der Waals surface area contributed by atoms with Gasteiger partial charge in [0.05, 0.1) is 6.61 Å². The summed E-state index contributed by atoms with van der Waals surface area (Å²) in [6, 6.07) is 10.00. The third kappa shape index (κ3) is 4.65. The molecule has 1 aromatic rings. The molecule has 77 valence electrons. The van der Waals surface area contributed by atoms with E-state index in [1.54, 1.807) is 0 Å². The molecule has 3 heteroatoms. The van der Waals surface area contributed by atoms with Crippen molar-refractivity contribution in [3.63, 3.8) is 0 Å². The third-order valence-corrected chi connectivity index (χ3v) is 3.38. The first-order valence-corrected chi connectivity index (χ1v) is 6.28.